The van der Waals surface area contributed by atoms with Crippen molar-refractivity contribution in [1.82, 2.24) is 20.4 Å². The van der Waals surface area contributed by atoms with Crippen LogP contribution in [0.25, 0.3) is 0 Å². The van der Waals surface area contributed by atoms with E-state index in [4.69, 9.17) is 9.16 Å². The fraction of sp³-hybridized carbons (Fsp3) is 0.643. The lowest BCUT2D eigenvalue weighted by atomic mass is 9.69. The Morgan fingerprint density at radius 1 is 0.885 bits per heavy atom. The number of nitrogens with zero attached hydrogens (tertiary/aromatic N) is 2. The van der Waals surface area contributed by atoms with Gasteiger partial charge in [-0.25, -0.2) is 4.79 Å². The van der Waals surface area contributed by atoms with Crippen LogP contribution >= 0.6 is 0 Å². The topological polar surface area (TPSA) is 100 Å². The first-order valence-electron chi connectivity index (χ1n) is 19.3. The number of ether oxygens (including phenoxy) is 1. The molecule has 0 aromatic heterocycles. The molecule has 5 atom stereocenters. The van der Waals surface area contributed by atoms with Crippen LogP contribution < -0.4 is 10.6 Å². The Hall–Kier alpha value is -3.21. The van der Waals surface area contributed by atoms with Gasteiger partial charge in [-0.2, -0.15) is 0 Å². The van der Waals surface area contributed by atoms with Crippen LogP contribution in [0.2, 0.25) is 13.1 Å². The van der Waals surface area contributed by atoms with Gasteiger partial charge in [-0.15, -0.1) is 0 Å². The minimum Gasteiger partial charge on any atom is -0.444 e. The van der Waals surface area contributed by atoms with Crippen LogP contribution in [0, 0.1) is 23.2 Å². The van der Waals surface area contributed by atoms with Gasteiger partial charge in [0.15, 0.2) is 9.04 Å². The van der Waals surface area contributed by atoms with E-state index in [2.05, 4.69) is 63.5 Å². The van der Waals surface area contributed by atoms with Crippen LogP contribution in [0.4, 0.5) is 4.79 Å². The molecule has 0 spiro atoms. The Kier molecular flexibility index (Phi) is 16.0. The summed E-state index contributed by atoms with van der Waals surface area (Å²) in [7, 11) is 2.54. The van der Waals surface area contributed by atoms with E-state index in [1.54, 1.807) is 0 Å². The van der Waals surface area contributed by atoms with Crippen molar-refractivity contribution in [1.29, 1.82) is 0 Å². The average Bonchev–Trinajstić information content (AvgIpc) is 3.06. The number of piperidine rings is 1. The number of carbonyl (C=O) groups is 3. The normalized spacial score (nSPS) is 17.4. The molecule has 1 heterocycles. The molecular weight excluding hydrogens is 669 g/mol. The largest absolute Gasteiger partial charge is 0.444 e. The van der Waals surface area contributed by atoms with Crippen LogP contribution in [0.5, 0.6) is 0 Å². The number of carbonyl (C=O) groups excluding carboxylic acids is 3. The molecule has 3 amide bonds. The Labute approximate surface area is 316 Å². The SMILES string of the molecule is CC(C)[C@H](NC(=O)[C@H](Cc1ccccc1)C[C@H]([C@@H](NC(=O)OC(C)(C)C)C(O[SiH](C)C)c1ccccc1)C(C)(C)C)C(=O)N1CCC(N(C)C)CC1. The number of benzene rings is 2. The van der Waals surface area contributed by atoms with E-state index in [0.29, 0.717) is 32.0 Å². The van der Waals surface area contributed by atoms with Crippen LogP contribution in [0.1, 0.15) is 91.9 Å². The number of amides is 3. The minimum atomic E-state index is -1.63. The van der Waals surface area contributed by atoms with Gasteiger partial charge in [0.25, 0.3) is 0 Å². The molecule has 10 heteroatoms. The van der Waals surface area contributed by atoms with Gasteiger partial charge in [0.2, 0.25) is 11.8 Å². The average molecular weight is 737 g/mol. The van der Waals surface area contributed by atoms with E-state index in [1.807, 2.05) is 100 Å². The highest BCUT2D eigenvalue weighted by Gasteiger charge is 2.43. The van der Waals surface area contributed by atoms with Crippen LogP contribution in [0.3, 0.4) is 0 Å². The van der Waals surface area contributed by atoms with E-state index in [0.717, 1.165) is 24.0 Å². The first kappa shape index (κ1) is 43.2. The highest BCUT2D eigenvalue weighted by atomic mass is 28.3. The highest BCUT2D eigenvalue weighted by molar-refractivity contribution is 6.48. The number of likely N-dealkylation sites (tertiary alicyclic amines) is 1. The van der Waals surface area contributed by atoms with Gasteiger partial charge in [-0.3, -0.25) is 9.59 Å². The zero-order valence-electron chi connectivity index (χ0n) is 34.1. The molecule has 0 radical (unpaired) electrons. The van der Waals surface area contributed by atoms with Crippen molar-refractivity contribution in [2.75, 3.05) is 27.2 Å². The Bertz CT molecular complexity index is 1400. The van der Waals surface area contributed by atoms with Gasteiger partial charge in [0, 0.05) is 25.0 Å². The molecule has 0 bridgehead atoms. The van der Waals surface area contributed by atoms with Crippen molar-refractivity contribution in [2.45, 2.75) is 124 Å². The molecule has 0 saturated carbocycles. The molecule has 290 valence electrons. The minimum absolute atomic E-state index is 0.0182. The maximum Gasteiger partial charge on any atom is 0.407 e. The molecule has 2 aromatic carbocycles. The van der Waals surface area contributed by atoms with E-state index >= 15 is 0 Å². The summed E-state index contributed by atoms with van der Waals surface area (Å²) in [5, 5.41) is 6.52. The summed E-state index contributed by atoms with van der Waals surface area (Å²) in [5.41, 5.74) is 0.938. The molecule has 2 aromatic rings. The lowest BCUT2D eigenvalue weighted by molar-refractivity contribution is -0.140. The van der Waals surface area contributed by atoms with Crippen molar-refractivity contribution in [3.05, 3.63) is 71.8 Å². The summed E-state index contributed by atoms with van der Waals surface area (Å²) in [5.74, 6) is -0.978. The first-order valence-corrected chi connectivity index (χ1v) is 22.0. The fourth-order valence-electron chi connectivity index (χ4n) is 7.25. The quantitative estimate of drug-likeness (QED) is 0.187. The molecule has 52 heavy (non-hydrogen) atoms. The monoisotopic (exact) mass is 736 g/mol. The second kappa shape index (κ2) is 19.2. The third-order valence-corrected chi connectivity index (χ3v) is 10.9. The Morgan fingerprint density at radius 2 is 1.44 bits per heavy atom. The van der Waals surface area contributed by atoms with E-state index in [1.165, 1.54) is 0 Å². The van der Waals surface area contributed by atoms with Crippen molar-refractivity contribution in [3.63, 3.8) is 0 Å². The number of nitrogens with one attached hydrogen (secondary N) is 2. The zero-order chi connectivity index (χ0) is 38.8. The van der Waals surface area contributed by atoms with Crippen molar-refractivity contribution < 1.29 is 23.5 Å². The molecular formula is C42H68N4O5Si. The van der Waals surface area contributed by atoms with Crippen molar-refractivity contribution >= 4 is 26.9 Å². The summed E-state index contributed by atoms with van der Waals surface area (Å²) in [6.07, 6.45) is 1.79. The zero-order valence-corrected chi connectivity index (χ0v) is 35.2. The van der Waals surface area contributed by atoms with Gasteiger partial charge < -0.3 is 29.6 Å². The number of hydrogen-bond acceptors (Lipinski definition) is 6. The van der Waals surface area contributed by atoms with E-state index in [-0.39, 0.29) is 29.1 Å². The molecule has 1 aliphatic rings. The van der Waals surface area contributed by atoms with Gasteiger partial charge in [-0.05, 0) is 102 Å². The first-order chi connectivity index (χ1) is 24.3. The summed E-state index contributed by atoms with van der Waals surface area (Å²) in [6, 6.07) is 19.4. The van der Waals surface area contributed by atoms with Crippen LogP contribution in [-0.2, 0) is 25.2 Å². The molecule has 0 aliphatic carbocycles. The maximum atomic E-state index is 14.7. The second-order valence-electron chi connectivity index (χ2n) is 17.5. The van der Waals surface area contributed by atoms with Gasteiger partial charge in [0.05, 0.1) is 12.1 Å². The maximum absolute atomic E-state index is 14.7. The predicted octanol–water partition coefficient (Wildman–Crippen LogP) is 7.23. The lowest BCUT2D eigenvalue weighted by Gasteiger charge is -2.43. The molecule has 3 rings (SSSR count). The Balaban J connectivity index is 2.05. The second-order valence-corrected chi connectivity index (χ2v) is 19.9. The molecule has 9 nitrogen and oxygen atoms in total. The Morgan fingerprint density at radius 3 is 1.92 bits per heavy atom. The molecule has 1 saturated heterocycles. The number of rotatable bonds is 15. The smallest absolute Gasteiger partial charge is 0.407 e. The third-order valence-electron chi connectivity index (χ3n) is 10.1. The fourth-order valence-corrected chi connectivity index (χ4v) is 8.16. The number of hydrogen-bond donors (Lipinski definition) is 2. The summed E-state index contributed by atoms with van der Waals surface area (Å²) < 4.78 is 12.6. The van der Waals surface area contributed by atoms with Crippen molar-refractivity contribution in [2.24, 2.45) is 23.2 Å². The molecule has 2 N–H and O–H groups in total. The molecule has 1 aliphatic heterocycles. The van der Waals surface area contributed by atoms with Gasteiger partial charge >= 0.3 is 6.09 Å². The van der Waals surface area contributed by atoms with Gasteiger partial charge in [-0.1, -0.05) is 95.3 Å². The summed E-state index contributed by atoms with van der Waals surface area (Å²) in [6.45, 7) is 21.6. The van der Waals surface area contributed by atoms with Crippen LogP contribution in [-0.4, -0.2) is 87.7 Å². The number of alkyl carbamates (subject to hydrolysis) is 1. The summed E-state index contributed by atoms with van der Waals surface area (Å²) in [4.78, 5) is 46.5. The highest BCUT2D eigenvalue weighted by Crippen LogP contribution is 2.41. The lowest BCUT2D eigenvalue weighted by Crippen LogP contribution is -2.56. The van der Waals surface area contributed by atoms with Crippen molar-refractivity contribution in [3.8, 4) is 0 Å². The van der Waals surface area contributed by atoms with E-state index < -0.39 is 44.8 Å². The third kappa shape index (κ3) is 13.3. The van der Waals surface area contributed by atoms with E-state index in [9.17, 15) is 14.4 Å². The standard InChI is InChI=1S/C42H68N4O5Si/c1-29(2)35(39(48)46-25-23-33(24-26-46)45(9)10)43-38(47)32(27-30-19-15-13-16-20-30)28-34(41(3,4)5)36(44-40(49)50-42(6,7)8)37(51-52(11)12)31-21-17-14-18-22-31/h13-22,29,32-37,52H,23-28H2,1-12H3,(H,43,47)(H,44,49)/t32-,34-,35+,36-,37?/m1/s1. The predicted molar refractivity (Wildman–Crippen MR) is 214 cm³/mol. The molecule has 1 fully saturated rings. The summed E-state index contributed by atoms with van der Waals surface area (Å²) >= 11 is 0. The van der Waals surface area contributed by atoms with Crippen LogP contribution in [0.15, 0.2) is 60.7 Å². The van der Waals surface area contributed by atoms with Gasteiger partial charge in [0.1, 0.15) is 11.6 Å². The molecule has 1 unspecified atom stereocenters.